The molecule has 2 aromatic heterocycles. The number of ether oxygens (including phenoxy) is 1. The maximum absolute atomic E-state index is 12.9. The molecule has 1 N–H and O–H groups in total. The highest BCUT2D eigenvalue weighted by Crippen LogP contribution is 2.30. The number of anilines is 2. The number of hydrogen-bond donors (Lipinski definition) is 1. The molecule has 0 bridgehead atoms. The Bertz CT molecular complexity index is 820. The van der Waals surface area contributed by atoms with Gasteiger partial charge in [0.05, 0.1) is 32.0 Å². The maximum atomic E-state index is 12.9. The first-order valence-electron chi connectivity index (χ1n) is 9.32. The minimum atomic E-state index is -0.0298. The Kier molecular flexibility index (Phi) is 4.89. The van der Waals surface area contributed by atoms with E-state index < -0.39 is 0 Å². The first-order valence-corrected chi connectivity index (χ1v) is 9.32. The molecule has 1 fully saturated rings. The average molecular weight is 368 g/mol. The van der Waals surface area contributed by atoms with Gasteiger partial charge >= 0.3 is 0 Å². The van der Waals surface area contributed by atoms with E-state index in [2.05, 4.69) is 20.2 Å². The Morgan fingerprint density at radius 2 is 2.04 bits per heavy atom. The van der Waals surface area contributed by atoms with E-state index in [1.165, 1.54) is 0 Å². The van der Waals surface area contributed by atoms with Crippen molar-refractivity contribution in [3.63, 3.8) is 0 Å². The molecule has 0 radical (unpaired) electrons. The zero-order valence-electron chi connectivity index (χ0n) is 15.7. The second-order valence-electron chi connectivity index (χ2n) is 7.00. The molecule has 27 heavy (non-hydrogen) atoms. The summed E-state index contributed by atoms with van der Waals surface area (Å²) in [5.41, 5.74) is 2.29. The third-order valence-electron chi connectivity index (χ3n) is 4.87. The lowest BCUT2D eigenvalue weighted by molar-refractivity contribution is 0.0726. The summed E-state index contributed by atoms with van der Waals surface area (Å²) >= 11 is 0. The second kappa shape index (κ2) is 7.48. The fourth-order valence-electron chi connectivity index (χ4n) is 3.32. The largest absolute Gasteiger partial charge is 0.378 e. The Hall–Kier alpha value is -2.74. The van der Waals surface area contributed by atoms with Gasteiger partial charge < -0.3 is 19.9 Å². The summed E-state index contributed by atoms with van der Waals surface area (Å²) < 4.78 is 5.42. The minimum absolute atomic E-state index is 0.0298. The Morgan fingerprint density at radius 1 is 1.22 bits per heavy atom. The number of amides is 1. The minimum Gasteiger partial charge on any atom is -0.378 e. The molecular weight excluding hydrogens is 344 g/mol. The quantitative estimate of drug-likeness (QED) is 0.860. The van der Waals surface area contributed by atoms with Crippen LogP contribution in [-0.2, 0) is 17.8 Å². The van der Waals surface area contributed by atoms with Gasteiger partial charge in [-0.2, -0.15) is 4.98 Å². The van der Waals surface area contributed by atoms with Crippen molar-refractivity contribution in [3.05, 3.63) is 41.3 Å². The topological polar surface area (TPSA) is 83.5 Å². The highest BCUT2D eigenvalue weighted by molar-refractivity contribution is 5.98. The van der Waals surface area contributed by atoms with Crippen molar-refractivity contribution >= 4 is 17.7 Å². The highest BCUT2D eigenvalue weighted by atomic mass is 16.5. The van der Waals surface area contributed by atoms with E-state index in [0.29, 0.717) is 43.8 Å². The number of hydrogen-bond acceptors (Lipinski definition) is 7. The van der Waals surface area contributed by atoms with Crippen LogP contribution in [0.2, 0.25) is 0 Å². The molecule has 4 heterocycles. The van der Waals surface area contributed by atoms with Gasteiger partial charge in [0, 0.05) is 30.9 Å². The van der Waals surface area contributed by atoms with E-state index in [4.69, 9.17) is 9.72 Å². The summed E-state index contributed by atoms with van der Waals surface area (Å²) in [6.45, 7) is 7.83. The summed E-state index contributed by atoms with van der Waals surface area (Å²) in [6.07, 6.45) is 1.77. The zero-order chi connectivity index (χ0) is 18.8. The van der Waals surface area contributed by atoms with Crippen molar-refractivity contribution in [1.82, 2.24) is 19.9 Å². The van der Waals surface area contributed by atoms with E-state index in [-0.39, 0.29) is 11.9 Å². The van der Waals surface area contributed by atoms with Crippen LogP contribution in [0.15, 0.2) is 24.4 Å². The standard InChI is InChI=1S/C19H24N6O2/c1-13(2)25-12-15-16(18(25)26)22-19(24-7-9-27-10-8-24)23-17(15)21-11-14-5-3-4-6-20-14/h3-6,13H,7-12H2,1-2H3,(H,21,22,23). The smallest absolute Gasteiger partial charge is 0.273 e. The summed E-state index contributed by atoms with van der Waals surface area (Å²) in [4.78, 5) is 30.5. The molecule has 0 aromatic carbocycles. The third kappa shape index (κ3) is 3.57. The predicted molar refractivity (Wildman–Crippen MR) is 102 cm³/mol. The van der Waals surface area contributed by atoms with Crippen molar-refractivity contribution in [2.24, 2.45) is 0 Å². The molecule has 0 aliphatic carbocycles. The second-order valence-corrected chi connectivity index (χ2v) is 7.00. The Morgan fingerprint density at radius 3 is 2.74 bits per heavy atom. The first-order chi connectivity index (χ1) is 13.1. The summed E-state index contributed by atoms with van der Waals surface area (Å²) in [7, 11) is 0. The SMILES string of the molecule is CC(C)N1Cc2c(NCc3ccccn3)nc(N3CCOCC3)nc2C1=O. The van der Waals surface area contributed by atoms with Crippen LogP contribution in [0.4, 0.5) is 11.8 Å². The van der Waals surface area contributed by atoms with Crippen LogP contribution < -0.4 is 10.2 Å². The fourth-order valence-corrected chi connectivity index (χ4v) is 3.32. The van der Waals surface area contributed by atoms with E-state index in [1.807, 2.05) is 36.9 Å². The molecule has 8 nitrogen and oxygen atoms in total. The molecule has 0 saturated carbocycles. The lowest BCUT2D eigenvalue weighted by Crippen LogP contribution is -2.37. The van der Waals surface area contributed by atoms with Crippen LogP contribution in [-0.4, -0.2) is 58.1 Å². The Labute approximate surface area is 158 Å². The summed E-state index contributed by atoms with van der Waals surface area (Å²) in [5, 5.41) is 3.37. The van der Waals surface area contributed by atoms with Crippen molar-refractivity contribution in [2.75, 3.05) is 36.5 Å². The van der Waals surface area contributed by atoms with Crippen LogP contribution >= 0.6 is 0 Å². The molecule has 2 aliphatic rings. The van der Waals surface area contributed by atoms with Gasteiger partial charge in [-0.15, -0.1) is 0 Å². The molecule has 0 spiro atoms. The van der Waals surface area contributed by atoms with Crippen LogP contribution in [0.5, 0.6) is 0 Å². The van der Waals surface area contributed by atoms with Crippen LogP contribution in [0.25, 0.3) is 0 Å². The number of nitrogens with zero attached hydrogens (tertiary/aromatic N) is 5. The highest BCUT2D eigenvalue weighted by Gasteiger charge is 2.34. The van der Waals surface area contributed by atoms with E-state index in [0.717, 1.165) is 24.3 Å². The fraction of sp³-hybridized carbons (Fsp3) is 0.474. The van der Waals surface area contributed by atoms with Crippen molar-refractivity contribution in [2.45, 2.75) is 33.0 Å². The molecule has 0 unspecified atom stereocenters. The van der Waals surface area contributed by atoms with Gasteiger partial charge in [0.15, 0.2) is 0 Å². The lowest BCUT2D eigenvalue weighted by Gasteiger charge is -2.27. The van der Waals surface area contributed by atoms with Gasteiger partial charge in [0.2, 0.25) is 5.95 Å². The maximum Gasteiger partial charge on any atom is 0.273 e. The van der Waals surface area contributed by atoms with E-state index >= 15 is 0 Å². The molecule has 2 aromatic rings. The third-order valence-corrected chi connectivity index (χ3v) is 4.87. The van der Waals surface area contributed by atoms with Gasteiger partial charge in [0.1, 0.15) is 11.5 Å². The average Bonchev–Trinajstić information content (AvgIpc) is 3.05. The van der Waals surface area contributed by atoms with Gasteiger partial charge in [-0.1, -0.05) is 6.07 Å². The number of rotatable bonds is 5. The molecule has 0 atom stereocenters. The summed E-state index contributed by atoms with van der Waals surface area (Å²) in [5.74, 6) is 1.26. The zero-order valence-corrected chi connectivity index (χ0v) is 15.7. The van der Waals surface area contributed by atoms with Crippen molar-refractivity contribution < 1.29 is 9.53 Å². The first kappa shape index (κ1) is 17.7. The molecule has 2 aliphatic heterocycles. The van der Waals surface area contributed by atoms with Gasteiger partial charge in [-0.3, -0.25) is 9.78 Å². The van der Waals surface area contributed by atoms with Crippen molar-refractivity contribution in [1.29, 1.82) is 0 Å². The normalized spacial score (nSPS) is 16.8. The molecule has 4 rings (SSSR count). The number of aromatic nitrogens is 3. The van der Waals surface area contributed by atoms with Gasteiger partial charge in [-0.25, -0.2) is 4.98 Å². The molecule has 8 heteroatoms. The van der Waals surface area contributed by atoms with Gasteiger partial charge in [-0.05, 0) is 26.0 Å². The van der Waals surface area contributed by atoms with Crippen LogP contribution in [0, 0.1) is 0 Å². The predicted octanol–water partition coefficient (Wildman–Crippen LogP) is 1.68. The monoisotopic (exact) mass is 368 g/mol. The molecule has 142 valence electrons. The van der Waals surface area contributed by atoms with E-state index in [1.54, 1.807) is 6.20 Å². The lowest BCUT2D eigenvalue weighted by atomic mass is 10.2. The van der Waals surface area contributed by atoms with Gasteiger partial charge in [0.25, 0.3) is 5.91 Å². The number of carbonyl (C=O) groups excluding carboxylic acids is 1. The molecule has 1 saturated heterocycles. The molecular formula is C19H24N6O2. The van der Waals surface area contributed by atoms with Crippen LogP contribution in [0.1, 0.15) is 35.6 Å². The number of morpholine rings is 1. The summed E-state index contributed by atoms with van der Waals surface area (Å²) in [6, 6.07) is 5.92. The number of carbonyl (C=O) groups is 1. The number of fused-ring (bicyclic) bond motifs is 1. The molecule has 1 amide bonds. The number of pyridine rings is 1. The Balaban J connectivity index is 1.67. The van der Waals surface area contributed by atoms with E-state index in [9.17, 15) is 4.79 Å². The van der Waals surface area contributed by atoms with Crippen LogP contribution in [0.3, 0.4) is 0 Å². The van der Waals surface area contributed by atoms with Crippen molar-refractivity contribution in [3.8, 4) is 0 Å². The number of nitrogens with one attached hydrogen (secondary N) is 1.